The number of amides is 1. The largest absolute Gasteiger partial charge is 0.491 e. The zero-order valence-electron chi connectivity index (χ0n) is 17.0. The lowest BCUT2D eigenvalue weighted by Crippen LogP contribution is -2.48. The van der Waals surface area contributed by atoms with Crippen molar-refractivity contribution in [2.45, 2.75) is 33.7 Å². The SMILES string of the molecule is Cc1ccc(N([C@@H](C)C(=O)NCCOc2cc(C)ccc2C)S(C)(=O)=O)cc1. The Kier molecular flexibility index (Phi) is 7.07. The van der Waals surface area contributed by atoms with Gasteiger partial charge in [-0.1, -0.05) is 29.8 Å². The van der Waals surface area contributed by atoms with E-state index in [0.29, 0.717) is 12.3 Å². The summed E-state index contributed by atoms with van der Waals surface area (Å²) in [5, 5.41) is 2.75. The van der Waals surface area contributed by atoms with E-state index in [1.54, 1.807) is 19.1 Å². The number of hydrogen-bond donors (Lipinski definition) is 1. The van der Waals surface area contributed by atoms with Crippen molar-refractivity contribution in [3.05, 3.63) is 59.2 Å². The molecule has 0 heterocycles. The molecule has 2 aromatic carbocycles. The molecule has 0 aliphatic rings. The number of nitrogens with zero attached hydrogens (tertiary/aromatic N) is 1. The van der Waals surface area contributed by atoms with Gasteiger partial charge in [0, 0.05) is 0 Å². The third-order valence-electron chi connectivity index (χ3n) is 4.38. The zero-order chi connectivity index (χ0) is 20.9. The van der Waals surface area contributed by atoms with Gasteiger partial charge in [-0.3, -0.25) is 9.10 Å². The first-order valence-electron chi connectivity index (χ1n) is 9.13. The van der Waals surface area contributed by atoms with Crippen LogP contribution in [0, 0.1) is 20.8 Å². The summed E-state index contributed by atoms with van der Waals surface area (Å²) in [7, 11) is -3.62. The van der Waals surface area contributed by atoms with Crippen LogP contribution in [0.2, 0.25) is 0 Å². The summed E-state index contributed by atoms with van der Waals surface area (Å²) < 4.78 is 31.4. The number of rotatable bonds is 8. The highest BCUT2D eigenvalue weighted by atomic mass is 32.2. The number of nitrogens with one attached hydrogen (secondary N) is 1. The van der Waals surface area contributed by atoms with E-state index in [2.05, 4.69) is 5.32 Å². The van der Waals surface area contributed by atoms with Gasteiger partial charge in [-0.05, 0) is 57.0 Å². The molecule has 1 amide bonds. The second kappa shape index (κ2) is 9.10. The average Bonchev–Trinajstić information content (AvgIpc) is 2.62. The normalized spacial score (nSPS) is 12.3. The molecular formula is C21H28N2O4S. The fourth-order valence-corrected chi connectivity index (χ4v) is 4.02. The number of carbonyl (C=O) groups is 1. The molecule has 28 heavy (non-hydrogen) atoms. The third kappa shape index (κ3) is 5.73. The Morgan fingerprint density at radius 3 is 2.29 bits per heavy atom. The van der Waals surface area contributed by atoms with Crippen molar-refractivity contribution in [3.8, 4) is 5.75 Å². The van der Waals surface area contributed by atoms with Crippen LogP contribution in [0.25, 0.3) is 0 Å². The van der Waals surface area contributed by atoms with Crippen molar-refractivity contribution < 1.29 is 17.9 Å². The summed E-state index contributed by atoms with van der Waals surface area (Å²) in [6.07, 6.45) is 1.10. The van der Waals surface area contributed by atoms with Gasteiger partial charge in [-0.2, -0.15) is 0 Å². The fraction of sp³-hybridized carbons (Fsp3) is 0.381. The minimum atomic E-state index is -3.62. The van der Waals surface area contributed by atoms with Crippen molar-refractivity contribution in [1.29, 1.82) is 0 Å². The second-order valence-electron chi connectivity index (χ2n) is 6.98. The van der Waals surface area contributed by atoms with E-state index in [1.165, 1.54) is 0 Å². The predicted molar refractivity (Wildman–Crippen MR) is 112 cm³/mol. The molecule has 1 N–H and O–H groups in total. The van der Waals surface area contributed by atoms with Crippen LogP contribution in [0.4, 0.5) is 5.69 Å². The number of carbonyl (C=O) groups excluding carboxylic acids is 1. The number of hydrogen-bond acceptors (Lipinski definition) is 4. The zero-order valence-corrected chi connectivity index (χ0v) is 17.8. The van der Waals surface area contributed by atoms with E-state index in [-0.39, 0.29) is 12.5 Å². The molecule has 0 aliphatic heterocycles. The van der Waals surface area contributed by atoms with Crippen LogP contribution in [0.3, 0.4) is 0 Å². The molecule has 0 saturated heterocycles. The molecule has 0 saturated carbocycles. The molecule has 0 radical (unpaired) electrons. The minimum absolute atomic E-state index is 0.280. The summed E-state index contributed by atoms with van der Waals surface area (Å²) in [4.78, 5) is 12.5. The van der Waals surface area contributed by atoms with Crippen molar-refractivity contribution in [1.82, 2.24) is 5.32 Å². The second-order valence-corrected chi connectivity index (χ2v) is 8.84. The predicted octanol–water partition coefficient (Wildman–Crippen LogP) is 2.96. The molecule has 0 aromatic heterocycles. The molecule has 0 bridgehead atoms. The van der Waals surface area contributed by atoms with E-state index >= 15 is 0 Å². The van der Waals surface area contributed by atoms with Crippen LogP contribution in [-0.2, 0) is 14.8 Å². The molecule has 0 spiro atoms. The Hall–Kier alpha value is -2.54. The van der Waals surface area contributed by atoms with Crippen molar-refractivity contribution in [2.24, 2.45) is 0 Å². The minimum Gasteiger partial charge on any atom is -0.491 e. The number of benzene rings is 2. The van der Waals surface area contributed by atoms with Crippen molar-refractivity contribution >= 4 is 21.6 Å². The quantitative estimate of drug-likeness (QED) is 0.687. The molecule has 2 aromatic rings. The van der Waals surface area contributed by atoms with Crippen LogP contribution in [-0.4, -0.2) is 39.8 Å². The number of aryl methyl sites for hydroxylation is 3. The lowest BCUT2D eigenvalue weighted by molar-refractivity contribution is -0.121. The summed E-state index contributed by atoms with van der Waals surface area (Å²) in [6.45, 7) is 8.01. The van der Waals surface area contributed by atoms with Gasteiger partial charge in [0.25, 0.3) is 0 Å². The lowest BCUT2D eigenvalue weighted by atomic mass is 10.1. The van der Waals surface area contributed by atoms with E-state index in [9.17, 15) is 13.2 Å². The first-order chi connectivity index (χ1) is 13.1. The molecular weight excluding hydrogens is 376 g/mol. The molecule has 0 unspecified atom stereocenters. The Balaban J connectivity index is 1.99. The third-order valence-corrected chi connectivity index (χ3v) is 5.62. The summed E-state index contributed by atoms with van der Waals surface area (Å²) in [5.41, 5.74) is 3.59. The van der Waals surface area contributed by atoms with Crippen molar-refractivity contribution in [3.63, 3.8) is 0 Å². The maximum atomic E-state index is 12.5. The van der Waals surface area contributed by atoms with Crippen molar-refractivity contribution in [2.75, 3.05) is 23.7 Å². The molecule has 152 valence electrons. The monoisotopic (exact) mass is 404 g/mol. The Labute approximate surface area is 167 Å². The first kappa shape index (κ1) is 21.8. The highest BCUT2D eigenvalue weighted by molar-refractivity contribution is 7.92. The standard InChI is InChI=1S/C21H28N2O4S/c1-15-7-10-19(11-8-15)23(28(5,25)26)18(4)21(24)22-12-13-27-20-14-16(2)6-9-17(20)3/h6-11,14,18H,12-13H2,1-5H3,(H,22,24)/t18-/m0/s1. The fourth-order valence-electron chi connectivity index (χ4n) is 2.85. The van der Waals surface area contributed by atoms with Gasteiger partial charge >= 0.3 is 0 Å². The Morgan fingerprint density at radius 2 is 1.68 bits per heavy atom. The summed E-state index contributed by atoms with van der Waals surface area (Å²) >= 11 is 0. The summed E-state index contributed by atoms with van der Waals surface area (Å²) in [5.74, 6) is 0.398. The van der Waals surface area contributed by atoms with E-state index in [1.807, 2.05) is 51.1 Å². The number of anilines is 1. The van der Waals surface area contributed by atoms with E-state index in [4.69, 9.17) is 4.74 Å². The van der Waals surface area contributed by atoms with Crippen LogP contribution in [0.15, 0.2) is 42.5 Å². The molecule has 0 fully saturated rings. The van der Waals surface area contributed by atoms with Crippen LogP contribution >= 0.6 is 0 Å². The highest BCUT2D eigenvalue weighted by Gasteiger charge is 2.28. The van der Waals surface area contributed by atoms with Gasteiger partial charge in [-0.25, -0.2) is 8.42 Å². The number of ether oxygens (including phenoxy) is 1. The molecule has 7 heteroatoms. The molecule has 1 atom stereocenters. The van der Waals surface area contributed by atoms with Crippen LogP contribution in [0.1, 0.15) is 23.6 Å². The van der Waals surface area contributed by atoms with Gasteiger partial charge in [0.05, 0.1) is 18.5 Å². The van der Waals surface area contributed by atoms with Gasteiger partial charge in [0.1, 0.15) is 18.4 Å². The van der Waals surface area contributed by atoms with Gasteiger partial charge in [-0.15, -0.1) is 0 Å². The van der Waals surface area contributed by atoms with Gasteiger partial charge in [0.2, 0.25) is 15.9 Å². The van der Waals surface area contributed by atoms with Crippen LogP contribution < -0.4 is 14.4 Å². The maximum absolute atomic E-state index is 12.5. The van der Waals surface area contributed by atoms with Crippen LogP contribution in [0.5, 0.6) is 5.75 Å². The molecule has 0 aliphatic carbocycles. The van der Waals surface area contributed by atoms with Gasteiger partial charge < -0.3 is 10.1 Å². The van der Waals surface area contributed by atoms with E-state index < -0.39 is 16.1 Å². The average molecular weight is 405 g/mol. The topological polar surface area (TPSA) is 75.7 Å². The summed E-state index contributed by atoms with van der Waals surface area (Å²) in [6, 6.07) is 12.1. The lowest BCUT2D eigenvalue weighted by Gasteiger charge is -2.28. The van der Waals surface area contributed by atoms with Gasteiger partial charge in [0.15, 0.2) is 0 Å². The number of sulfonamides is 1. The maximum Gasteiger partial charge on any atom is 0.243 e. The first-order valence-corrected chi connectivity index (χ1v) is 11.0. The Morgan fingerprint density at radius 1 is 1.07 bits per heavy atom. The Bertz CT molecular complexity index is 924. The molecule has 2 rings (SSSR count). The highest BCUT2D eigenvalue weighted by Crippen LogP contribution is 2.21. The molecule has 6 nitrogen and oxygen atoms in total. The smallest absolute Gasteiger partial charge is 0.243 e. The van der Waals surface area contributed by atoms with E-state index in [0.717, 1.165) is 33.0 Å².